The third-order valence-electron chi connectivity index (χ3n) is 3.78. The molecule has 3 rings (SSSR count). The molecule has 1 atom stereocenters. The van der Waals surface area contributed by atoms with Crippen molar-refractivity contribution in [2.75, 3.05) is 0 Å². The molecule has 0 amide bonds. The number of nitrogens with zero attached hydrogens (tertiary/aromatic N) is 1. The van der Waals surface area contributed by atoms with Gasteiger partial charge in [-0.05, 0) is 48.9 Å². The van der Waals surface area contributed by atoms with Crippen molar-refractivity contribution in [3.05, 3.63) is 52.8 Å². The molecule has 1 aromatic carbocycles. The van der Waals surface area contributed by atoms with Gasteiger partial charge >= 0.3 is 0 Å². The Morgan fingerprint density at radius 1 is 1.28 bits per heavy atom. The Bertz CT molecular complexity index is 517. The fourth-order valence-corrected chi connectivity index (χ4v) is 2.63. The van der Waals surface area contributed by atoms with Crippen LogP contribution in [0, 0.1) is 0 Å². The smallest absolute Gasteiger partial charge is 0.0490 e. The second-order valence-electron chi connectivity index (χ2n) is 5.07. The zero-order valence-electron chi connectivity index (χ0n) is 10.7. The lowest BCUT2D eigenvalue weighted by atomic mass is 10.0. The van der Waals surface area contributed by atoms with E-state index in [0.717, 1.165) is 12.2 Å². The Labute approximate surface area is 108 Å². The first-order chi connectivity index (χ1) is 8.83. The maximum absolute atomic E-state index is 3.96. The Kier molecular flexibility index (Phi) is 3.15. The third-order valence-corrected chi connectivity index (χ3v) is 3.78. The molecule has 1 heterocycles. The van der Waals surface area contributed by atoms with Gasteiger partial charge in [0.05, 0.1) is 0 Å². The monoisotopic (exact) mass is 241 g/mol. The molecule has 0 bridgehead atoms. The molecular weight excluding hydrogens is 222 g/mol. The number of hydrogen-bond acceptors (Lipinski definition) is 2. The van der Waals surface area contributed by atoms with Crippen molar-refractivity contribution in [2.24, 2.45) is 0 Å². The highest BCUT2D eigenvalue weighted by molar-refractivity contribution is 5.36. The summed E-state index contributed by atoms with van der Waals surface area (Å²) in [6, 6.07) is 9.30. The van der Waals surface area contributed by atoms with Gasteiger partial charge in [-0.25, -0.2) is 0 Å². The van der Waals surface area contributed by atoms with Crippen LogP contribution in [-0.4, -0.2) is 10.2 Å². The summed E-state index contributed by atoms with van der Waals surface area (Å²) < 4.78 is 0. The van der Waals surface area contributed by atoms with Crippen molar-refractivity contribution in [3.8, 4) is 0 Å². The van der Waals surface area contributed by atoms with Crippen LogP contribution in [0.2, 0.25) is 0 Å². The van der Waals surface area contributed by atoms with Gasteiger partial charge in [-0.3, -0.25) is 5.10 Å². The molecule has 3 heteroatoms. The highest BCUT2D eigenvalue weighted by Crippen LogP contribution is 2.25. The number of benzene rings is 1. The molecule has 0 saturated heterocycles. The number of aryl methyl sites for hydroxylation is 2. The second kappa shape index (κ2) is 4.94. The van der Waals surface area contributed by atoms with E-state index in [9.17, 15) is 0 Å². The van der Waals surface area contributed by atoms with E-state index < -0.39 is 0 Å². The number of aromatic amines is 1. The topological polar surface area (TPSA) is 40.7 Å². The normalized spacial score (nSPS) is 15.6. The first kappa shape index (κ1) is 11.5. The van der Waals surface area contributed by atoms with Crippen LogP contribution in [0.4, 0.5) is 0 Å². The van der Waals surface area contributed by atoms with Gasteiger partial charge < -0.3 is 5.32 Å². The molecule has 0 spiro atoms. The van der Waals surface area contributed by atoms with Gasteiger partial charge in [0.15, 0.2) is 0 Å². The summed E-state index contributed by atoms with van der Waals surface area (Å²) in [5.74, 6) is 0. The molecule has 0 saturated carbocycles. The maximum atomic E-state index is 3.96. The van der Waals surface area contributed by atoms with Crippen LogP contribution < -0.4 is 5.32 Å². The Balaban J connectivity index is 1.67. The fraction of sp³-hybridized carbons (Fsp3) is 0.400. The SMILES string of the molecule is CC(NCc1ccn[nH]1)c1ccc2c(c1)CCC2. The molecule has 94 valence electrons. The van der Waals surface area contributed by atoms with E-state index in [1.54, 1.807) is 17.3 Å². The Morgan fingerprint density at radius 3 is 3.00 bits per heavy atom. The first-order valence-electron chi connectivity index (χ1n) is 6.66. The predicted molar refractivity (Wildman–Crippen MR) is 72.3 cm³/mol. The number of aromatic nitrogens is 2. The van der Waals surface area contributed by atoms with Crippen molar-refractivity contribution in [1.29, 1.82) is 0 Å². The van der Waals surface area contributed by atoms with Gasteiger partial charge in [0.1, 0.15) is 0 Å². The summed E-state index contributed by atoms with van der Waals surface area (Å²) in [4.78, 5) is 0. The zero-order chi connectivity index (χ0) is 12.4. The summed E-state index contributed by atoms with van der Waals surface area (Å²) in [5.41, 5.74) is 5.60. The van der Waals surface area contributed by atoms with Crippen LogP contribution in [0.1, 0.15) is 41.8 Å². The molecule has 18 heavy (non-hydrogen) atoms. The van der Waals surface area contributed by atoms with Crippen molar-refractivity contribution < 1.29 is 0 Å². The lowest BCUT2D eigenvalue weighted by molar-refractivity contribution is 0.566. The minimum absolute atomic E-state index is 0.374. The molecule has 0 radical (unpaired) electrons. The molecule has 3 nitrogen and oxygen atoms in total. The van der Waals surface area contributed by atoms with E-state index in [2.05, 4.69) is 40.6 Å². The van der Waals surface area contributed by atoms with Crippen LogP contribution in [0.5, 0.6) is 0 Å². The van der Waals surface area contributed by atoms with Gasteiger partial charge in [0.2, 0.25) is 0 Å². The van der Waals surface area contributed by atoms with Gasteiger partial charge in [-0.2, -0.15) is 5.10 Å². The van der Waals surface area contributed by atoms with Crippen molar-refractivity contribution in [1.82, 2.24) is 15.5 Å². The van der Waals surface area contributed by atoms with Gasteiger partial charge in [0, 0.05) is 24.5 Å². The van der Waals surface area contributed by atoms with Crippen LogP contribution in [0.15, 0.2) is 30.5 Å². The quantitative estimate of drug-likeness (QED) is 0.864. The average Bonchev–Trinajstić information content (AvgIpc) is 3.05. The number of hydrogen-bond donors (Lipinski definition) is 2. The summed E-state index contributed by atoms with van der Waals surface area (Å²) in [5, 5.41) is 10.4. The predicted octanol–water partition coefficient (Wildman–Crippen LogP) is 2.75. The van der Waals surface area contributed by atoms with E-state index >= 15 is 0 Å². The molecule has 2 aromatic rings. The lowest BCUT2D eigenvalue weighted by Gasteiger charge is -2.15. The van der Waals surface area contributed by atoms with E-state index in [0.29, 0.717) is 6.04 Å². The fourth-order valence-electron chi connectivity index (χ4n) is 2.63. The molecule has 0 aliphatic heterocycles. The Hall–Kier alpha value is -1.61. The molecule has 2 N–H and O–H groups in total. The van der Waals surface area contributed by atoms with Crippen LogP contribution in [-0.2, 0) is 19.4 Å². The number of fused-ring (bicyclic) bond motifs is 1. The molecule has 1 aromatic heterocycles. The summed E-state index contributed by atoms with van der Waals surface area (Å²) in [6.45, 7) is 3.05. The third kappa shape index (κ3) is 2.31. The van der Waals surface area contributed by atoms with Crippen molar-refractivity contribution in [2.45, 2.75) is 38.8 Å². The minimum Gasteiger partial charge on any atom is -0.305 e. The lowest BCUT2D eigenvalue weighted by Crippen LogP contribution is -2.18. The number of H-pyrrole nitrogens is 1. The molecule has 1 aliphatic rings. The highest BCUT2D eigenvalue weighted by atomic mass is 15.1. The van der Waals surface area contributed by atoms with Gasteiger partial charge in [-0.1, -0.05) is 18.2 Å². The highest BCUT2D eigenvalue weighted by Gasteiger charge is 2.13. The van der Waals surface area contributed by atoms with E-state index in [1.165, 1.54) is 24.8 Å². The van der Waals surface area contributed by atoms with Crippen LogP contribution in [0.25, 0.3) is 0 Å². The van der Waals surface area contributed by atoms with Crippen molar-refractivity contribution in [3.63, 3.8) is 0 Å². The molecule has 1 unspecified atom stereocenters. The van der Waals surface area contributed by atoms with Gasteiger partial charge in [0.25, 0.3) is 0 Å². The molecular formula is C15H19N3. The zero-order valence-corrected chi connectivity index (χ0v) is 10.7. The Morgan fingerprint density at radius 2 is 2.17 bits per heavy atom. The molecule has 1 aliphatic carbocycles. The molecule has 0 fully saturated rings. The van der Waals surface area contributed by atoms with E-state index in [1.807, 2.05) is 6.07 Å². The largest absolute Gasteiger partial charge is 0.305 e. The van der Waals surface area contributed by atoms with Crippen LogP contribution >= 0.6 is 0 Å². The maximum Gasteiger partial charge on any atom is 0.0490 e. The van der Waals surface area contributed by atoms with E-state index in [-0.39, 0.29) is 0 Å². The summed E-state index contributed by atoms with van der Waals surface area (Å²) in [6.07, 6.45) is 5.60. The number of rotatable bonds is 4. The first-order valence-corrected chi connectivity index (χ1v) is 6.66. The standard InChI is InChI=1S/C15H19N3/c1-11(16-10-15-7-8-17-18-15)13-6-5-12-3-2-4-14(12)9-13/h5-9,11,16H,2-4,10H2,1H3,(H,17,18). The minimum atomic E-state index is 0.374. The number of nitrogens with one attached hydrogen (secondary N) is 2. The van der Waals surface area contributed by atoms with Gasteiger partial charge in [-0.15, -0.1) is 0 Å². The van der Waals surface area contributed by atoms with Crippen LogP contribution in [0.3, 0.4) is 0 Å². The average molecular weight is 241 g/mol. The van der Waals surface area contributed by atoms with Crippen molar-refractivity contribution >= 4 is 0 Å². The second-order valence-corrected chi connectivity index (χ2v) is 5.07. The van der Waals surface area contributed by atoms with E-state index in [4.69, 9.17) is 0 Å². The summed E-state index contributed by atoms with van der Waals surface area (Å²) in [7, 11) is 0. The summed E-state index contributed by atoms with van der Waals surface area (Å²) >= 11 is 0.